The highest BCUT2D eigenvalue weighted by Gasteiger charge is 2.15. The van der Waals surface area contributed by atoms with Gasteiger partial charge in [0.05, 0.1) is 16.1 Å². The lowest BCUT2D eigenvalue weighted by molar-refractivity contribution is 0.102. The van der Waals surface area contributed by atoms with Crippen molar-refractivity contribution < 1.29 is 9.18 Å². The fourth-order valence-electron chi connectivity index (χ4n) is 2.83. The van der Waals surface area contributed by atoms with Gasteiger partial charge >= 0.3 is 0 Å². The van der Waals surface area contributed by atoms with Crippen molar-refractivity contribution in [3.63, 3.8) is 0 Å². The lowest BCUT2D eigenvalue weighted by Crippen LogP contribution is -2.12. The molecule has 4 aromatic rings. The Balaban J connectivity index is 1.66. The number of carbonyl (C=O) groups excluding carboxylic acids is 1. The van der Waals surface area contributed by atoms with Gasteiger partial charge in [-0.3, -0.25) is 9.89 Å². The minimum Gasteiger partial charge on any atom is -0.305 e. The van der Waals surface area contributed by atoms with Crippen LogP contribution in [0.5, 0.6) is 0 Å². The summed E-state index contributed by atoms with van der Waals surface area (Å²) in [6, 6.07) is 16.5. The number of aromatic amines is 1. The third-order valence-corrected chi connectivity index (χ3v) is 4.70. The first-order chi connectivity index (χ1) is 13.0. The molecule has 0 saturated heterocycles. The number of carbonyl (C=O) groups is 1. The van der Waals surface area contributed by atoms with Gasteiger partial charge in [-0.2, -0.15) is 5.10 Å². The highest BCUT2D eigenvalue weighted by atomic mass is 35.5. The van der Waals surface area contributed by atoms with Crippen LogP contribution in [-0.2, 0) is 0 Å². The fraction of sp³-hybridized carbons (Fsp3) is 0. The Labute approximate surface area is 163 Å². The quantitative estimate of drug-likeness (QED) is 0.448. The summed E-state index contributed by atoms with van der Waals surface area (Å²) in [6.07, 6.45) is 0. The predicted octanol–water partition coefficient (Wildman–Crippen LogP) is 5.93. The monoisotopic (exact) mass is 399 g/mol. The molecule has 0 bridgehead atoms. The Kier molecular flexibility index (Phi) is 4.56. The highest BCUT2D eigenvalue weighted by molar-refractivity contribution is 6.37. The normalized spacial score (nSPS) is 10.9. The van der Waals surface area contributed by atoms with Gasteiger partial charge in [0.2, 0.25) is 0 Å². The molecule has 27 heavy (non-hydrogen) atoms. The van der Waals surface area contributed by atoms with Gasteiger partial charge in [0, 0.05) is 16.0 Å². The van der Waals surface area contributed by atoms with E-state index in [-0.39, 0.29) is 10.8 Å². The summed E-state index contributed by atoms with van der Waals surface area (Å²) < 4.78 is 14.0. The molecule has 0 spiro atoms. The first-order valence-corrected chi connectivity index (χ1v) is 8.78. The number of rotatable bonds is 3. The number of hydrogen-bond acceptors (Lipinski definition) is 2. The molecule has 2 N–H and O–H groups in total. The van der Waals surface area contributed by atoms with E-state index in [4.69, 9.17) is 23.2 Å². The maximum absolute atomic E-state index is 14.0. The third-order valence-electron chi connectivity index (χ3n) is 4.16. The third kappa shape index (κ3) is 3.39. The SMILES string of the molecule is O=C(Nc1n[nH]c2cc(-c3ccccc3F)ccc12)c1ccc(Cl)cc1Cl. The van der Waals surface area contributed by atoms with Crippen LogP contribution in [0.15, 0.2) is 60.7 Å². The number of nitrogens with one attached hydrogen (secondary N) is 2. The van der Waals surface area contributed by atoms with Crippen LogP contribution < -0.4 is 5.32 Å². The summed E-state index contributed by atoms with van der Waals surface area (Å²) in [6.45, 7) is 0. The molecule has 0 aliphatic rings. The Bertz CT molecular complexity index is 1170. The number of fused-ring (bicyclic) bond motifs is 1. The van der Waals surface area contributed by atoms with Gasteiger partial charge in [-0.05, 0) is 42.0 Å². The first kappa shape index (κ1) is 17.5. The summed E-state index contributed by atoms with van der Waals surface area (Å²) in [5.41, 5.74) is 2.17. The highest BCUT2D eigenvalue weighted by Crippen LogP contribution is 2.29. The number of nitrogens with zero attached hydrogens (tertiary/aromatic N) is 1. The largest absolute Gasteiger partial charge is 0.305 e. The van der Waals surface area contributed by atoms with E-state index < -0.39 is 5.91 Å². The Hall–Kier alpha value is -2.89. The molecule has 4 nitrogen and oxygen atoms in total. The van der Waals surface area contributed by atoms with Crippen molar-refractivity contribution in [1.29, 1.82) is 0 Å². The van der Waals surface area contributed by atoms with Gasteiger partial charge in [0.1, 0.15) is 5.82 Å². The summed E-state index contributed by atoms with van der Waals surface area (Å²) in [5.74, 6) is -0.341. The molecule has 3 aromatic carbocycles. The summed E-state index contributed by atoms with van der Waals surface area (Å²) in [4.78, 5) is 12.5. The van der Waals surface area contributed by atoms with Crippen LogP contribution in [0.2, 0.25) is 10.0 Å². The molecule has 0 aliphatic heterocycles. The molecule has 0 atom stereocenters. The molecular weight excluding hydrogens is 388 g/mol. The van der Waals surface area contributed by atoms with Crippen LogP contribution in [-0.4, -0.2) is 16.1 Å². The topological polar surface area (TPSA) is 57.8 Å². The minimum absolute atomic E-state index is 0.252. The van der Waals surface area contributed by atoms with Gasteiger partial charge < -0.3 is 5.32 Å². The molecule has 0 saturated carbocycles. The minimum atomic E-state index is -0.400. The number of amides is 1. The number of hydrogen-bond donors (Lipinski definition) is 2. The Morgan fingerprint density at radius 2 is 1.85 bits per heavy atom. The van der Waals surface area contributed by atoms with E-state index in [0.717, 1.165) is 0 Å². The number of aromatic nitrogens is 2. The zero-order chi connectivity index (χ0) is 19.0. The zero-order valence-corrected chi connectivity index (χ0v) is 15.3. The summed E-state index contributed by atoms with van der Waals surface area (Å²) >= 11 is 11.9. The van der Waals surface area contributed by atoms with Crippen molar-refractivity contribution in [3.8, 4) is 11.1 Å². The summed E-state index contributed by atoms with van der Waals surface area (Å²) in [5, 5.41) is 11.1. The second kappa shape index (κ2) is 7.02. The summed E-state index contributed by atoms with van der Waals surface area (Å²) in [7, 11) is 0. The van der Waals surface area contributed by atoms with Gasteiger partial charge in [-0.15, -0.1) is 0 Å². The first-order valence-electron chi connectivity index (χ1n) is 8.02. The van der Waals surface area contributed by atoms with Crippen LogP contribution in [0, 0.1) is 5.82 Å². The fourth-order valence-corrected chi connectivity index (χ4v) is 3.32. The average molecular weight is 400 g/mol. The lowest BCUT2D eigenvalue weighted by Gasteiger charge is -2.06. The smallest absolute Gasteiger partial charge is 0.258 e. The molecule has 1 amide bonds. The van der Waals surface area contributed by atoms with Gasteiger partial charge in [-0.1, -0.05) is 47.5 Å². The molecule has 1 aromatic heterocycles. The molecule has 4 rings (SSSR count). The number of benzene rings is 3. The van der Waals surface area contributed by atoms with E-state index in [1.165, 1.54) is 12.1 Å². The van der Waals surface area contributed by atoms with Crippen molar-refractivity contribution in [2.24, 2.45) is 0 Å². The molecule has 0 unspecified atom stereocenters. The maximum atomic E-state index is 14.0. The van der Waals surface area contributed by atoms with Crippen molar-refractivity contribution in [3.05, 3.63) is 82.1 Å². The number of H-pyrrole nitrogens is 1. The molecule has 0 radical (unpaired) electrons. The van der Waals surface area contributed by atoms with Crippen molar-refractivity contribution in [2.75, 3.05) is 5.32 Å². The Morgan fingerprint density at radius 3 is 2.63 bits per heavy atom. The van der Waals surface area contributed by atoms with Crippen LogP contribution >= 0.6 is 23.2 Å². The van der Waals surface area contributed by atoms with Gasteiger partial charge in [-0.25, -0.2) is 4.39 Å². The van der Waals surface area contributed by atoms with Crippen molar-refractivity contribution in [2.45, 2.75) is 0 Å². The second-order valence-electron chi connectivity index (χ2n) is 5.89. The zero-order valence-electron chi connectivity index (χ0n) is 13.8. The molecular formula is C20H12Cl2FN3O. The van der Waals surface area contributed by atoms with Gasteiger partial charge in [0.15, 0.2) is 5.82 Å². The standard InChI is InChI=1S/C20H12Cl2FN3O/c21-12-6-8-14(16(22)10-12)20(27)24-19-15-7-5-11(9-18(15)25-26-19)13-3-1-2-4-17(13)23/h1-10H,(H2,24,25,26,27). The van der Waals surface area contributed by atoms with Crippen LogP contribution in [0.3, 0.4) is 0 Å². The van der Waals surface area contributed by atoms with E-state index in [9.17, 15) is 9.18 Å². The van der Waals surface area contributed by atoms with E-state index in [1.807, 2.05) is 0 Å². The molecule has 7 heteroatoms. The molecule has 1 heterocycles. The van der Waals surface area contributed by atoms with E-state index in [1.54, 1.807) is 48.5 Å². The van der Waals surface area contributed by atoms with Crippen molar-refractivity contribution >= 4 is 45.8 Å². The predicted molar refractivity (Wildman–Crippen MR) is 106 cm³/mol. The van der Waals surface area contributed by atoms with Gasteiger partial charge in [0.25, 0.3) is 5.91 Å². The Morgan fingerprint density at radius 1 is 1.04 bits per heavy atom. The lowest BCUT2D eigenvalue weighted by atomic mass is 10.0. The van der Waals surface area contributed by atoms with E-state index in [2.05, 4.69) is 15.5 Å². The van der Waals surface area contributed by atoms with Crippen molar-refractivity contribution in [1.82, 2.24) is 10.2 Å². The molecule has 0 aliphatic carbocycles. The van der Waals surface area contributed by atoms with E-state index >= 15 is 0 Å². The average Bonchev–Trinajstić information content (AvgIpc) is 3.04. The maximum Gasteiger partial charge on any atom is 0.258 e. The van der Waals surface area contributed by atoms with Crippen LogP contribution in [0.1, 0.15) is 10.4 Å². The molecule has 134 valence electrons. The number of halogens is 3. The van der Waals surface area contributed by atoms with E-state index in [0.29, 0.717) is 38.4 Å². The molecule has 0 fully saturated rings. The number of anilines is 1. The van der Waals surface area contributed by atoms with Crippen LogP contribution in [0.4, 0.5) is 10.2 Å². The second-order valence-corrected chi connectivity index (χ2v) is 6.73. The van der Waals surface area contributed by atoms with Crippen LogP contribution in [0.25, 0.3) is 22.0 Å².